The van der Waals surface area contributed by atoms with Gasteiger partial charge in [0.05, 0.1) is 19.4 Å². The molecule has 5 nitrogen and oxygen atoms in total. The molecule has 0 spiro atoms. The molecule has 1 aliphatic heterocycles. The number of aryl methyl sites for hydroxylation is 1. The van der Waals surface area contributed by atoms with Crippen molar-refractivity contribution in [3.63, 3.8) is 0 Å². The van der Waals surface area contributed by atoms with E-state index in [0.29, 0.717) is 12.1 Å². The maximum atomic E-state index is 5.41. The standard InChI is InChI=1S/C15H26N4O/c1-12(11-19-6-8-20-9-7-19)17-14-4-3-5-15-13(14)10-16-18(15)2/h10,12,14,17H,3-9,11H2,1-2H3. The predicted molar refractivity (Wildman–Crippen MR) is 78.7 cm³/mol. The van der Waals surface area contributed by atoms with Gasteiger partial charge in [0.1, 0.15) is 0 Å². The molecule has 1 N–H and O–H groups in total. The van der Waals surface area contributed by atoms with Crippen LogP contribution in [0.2, 0.25) is 0 Å². The van der Waals surface area contributed by atoms with Crippen molar-refractivity contribution in [1.29, 1.82) is 0 Å². The number of aromatic nitrogens is 2. The third-order valence-corrected chi connectivity index (χ3v) is 4.50. The Hall–Kier alpha value is -0.910. The smallest absolute Gasteiger partial charge is 0.0594 e. The average molecular weight is 278 g/mol. The van der Waals surface area contributed by atoms with Gasteiger partial charge in [-0.15, -0.1) is 0 Å². The molecular weight excluding hydrogens is 252 g/mol. The maximum Gasteiger partial charge on any atom is 0.0594 e. The van der Waals surface area contributed by atoms with Crippen molar-refractivity contribution in [2.75, 3.05) is 32.8 Å². The number of rotatable bonds is 4. The fraction of sp³-hybridized carbons (Fsp3) is 0.800. The minimum absolute atomic E-state index is 0.475. The van der Waals surface area contributed by atoms with Crippen molar-refractivity contribution in [2.24, 2.45) is 7.05 Å². The lowest BCUT2D eigenvalue weighted by Gasteiger charge is -2.32. The molecule has 1 aromatic rings. The van der Waals surface area contributed by atoms with Gasteiger partial charge < -0.3 is 10.1 Å². The zero-order valence-corrected chi connectivity index (χ0v) is 12.6. The second kappa shape index (κ2) is 6.24. The second-order valence-corrected chi connectivity index (χ2v) is 6.10. The first-order valence-electron chi connectivity index (χ1n) is 7.81. The second-order valence-electron chi connectivity index (χ2n) is 6.10. The van der Waals surface area contributed by atoms with Crippen LogP contribution in [-0.4, -0.2) is 53.6 Å². The topological polar surface area (TPSA) is 42.3 Å². The lowest BCUT2D eigenvalue weighted by molar-refractivity contribution is 0.0337. The van der Waals surface area contributed by atoms with Crippen LogP contribution in [0.15, 0.2) is 6.20 Å². The number of fused-ring (bicyclic) bond motifs is 1. The molecular formula is C15H26N4O. The van der Waals surface area contributed by atoms with E-state index in [9.17, 15) is 0 Å². The highest BCUT2D eigenvalue weighted by Crippen LogP contribution is 2.29. The number of hydrogen-bond acceptors (Lipinski definition) is 4. The van der Waals surface area contributed by atoms with E-state index in [2.05, 4.69) is 29.3 Å². The molecule has 2 aliphatic rings. The quantitative estimate of drug-likeness (QED) is 0.896. The first kappa shape index (κ1) is 14.0. The first-order chi connectivity index (χ1) is 9.74. The summed E-state index contributed by atoms with van der Waals surface area (Å²) in [5.74, 6) is 0. The Morgan fingerprint density at radius 1 is 1.45 bits per heavy atom. The van der Waals surface area contributed by atoms with E-state index in [1.54, 1.807) is 0 Å². The van der Waals surface area contributed by atoms with E-state index >= 15 is 0 Å². The fourth-order valence-corrected chi connectivity index (χ4v) is 3.45. The molecule has 5 heteroatoms. The Morgan fingerprint density at radius 2 is 2.25 bits per heavy atom. The summed E-state index contributed by atoms with van der Waals surface area (Å²) in [4.78, 5) is 2.49. The van der Waals surface area contributed by atoms with Crippen LogP contribution in [-0.2, 0) is 18.2 Å². The van der Waals surface area contributed by atoms with Gasteiger partial charge in [0.15, 0.2) is 0 Å². The van der Waals surface area contributed by atoms with Gasteiger partial charge >= 0.3 is 0 Å². The molecule has 20 heavy (non-hydrogen) atoms. The highest BCUT2D eigenvalue weighted by atomic mass is 16.5. The highest BCUT2D eigenvalue weighted by Gasteiger charge is 2.25. The number of ether oxygens (including phenoxy) is 1. The zero-order valence-electron chi connectivity index (χ0n) is 12.6. The van der Waals surface area contributed by atoms with Crippen molar-refractivity contribution < 1.29 is 4.74 Å². The molecule has 1 aromatic heterocycles. The Balaban J connectivity index is 1.57. The van der Waals surface area contributed by atoms with Crippen molar-refractivity contribution in [2.45, 2.75) is 38.3 Å². The van der Waals surface area contributed by atoms with Crippen molar-refractivity contribution in [1.82, 2.24) is 20.0 Å². The molecule has 2 heterocycles. The monoisotopic (exact) mass is 278 g/mol. The van der Waals surface area contributed by atoms with E-state index in [0.717, 1.165) is 32.8 Å². The molecule has 0 amide bonds. The number of nitrogens with one attached hydrogen (secondary N) is 1. The molecule has 2 atom stereocenters. The SMILES string of the molecule is CC(CN1CCOCC1)NC1CCCc2c1cnn2C. The van der Waals surface area contributed by atoms with Crippen LogP contribution in [0.4, 0.5) is 0 Å². The van der Waals surface area contributed by atoms with Crippen molar-refractivity contribution in [3.8, 4) is 0 Å². The maximum absolute atomic E-state index is 5.41. The molecule has 0 saturated carbocycles. The van der Waals surface area contributed by atoms with Gasteiger partial charge in [-0.3, -0.25) is 9.58 Å². The van der Waals surface area contributed by atoms with Gasteiger partial charge in [-0.1, -0.05) is 0 Å². The Labute approximate surface area is 121 Å². The van der Waals surface area contributed by atoms with Gasteiger partial charge in [0.25, 0.3) is 0 Å². The normalized spacial score (nSPS) is 25.4. The fourth-order valence-electron chi connectivity index (χ4n) is 3.45. The minimum atomic E-state index is 0.475. The summed E-state index contributed by atoms with van der Waals surface area (Å²) in [6.45, 7) is 7.28. The summed E-state index contributed by atoms with van der Waals surface area (Å²) >= 11 is 0. The van der Waals surface area contributed by atoms with E-state index in [1.165, 1.54) is 30.5 Å². The average Bonchev–Trinajstić information content (AvgIpc) is 2.83. The largest absolute Gasteiger partial charge is 0.379 e. The summed E-state index contributed by atoms with van der Waals surface area (Å²) in [6, 6.07) is 0.979. The molecule has 1 aliphatic carbocycles. The van der Waals surface area contributed by atoms with Gasteiger partial charge in [0.2, 0.25) is 0 Å². The van der Waals surface area contributed by atoms with Crippen LogP contribution in [0.3, 0.4) is 0 Å². The molecule has 1 fully saturated rings. The van der Waals surface area contributed by atoms with Gasteiger partial charge in [0, 0.05) is 50.0 Å². The Morgan fingerprint density at radius 3 is 3.05 bits per heavy atom. The van der Waals surface area contributed by atoms with E-state index < -0.39 is 0 Å². The van der Waals surface area contributed by atoms with Crippen LogP contribution in [0.25, 0.3) is 0 Å². The van der Waals surface area contributed by atoms with Crippen LogP contribution in [0.5, 0.6) is 0 Å². The van der Waals surface area contributed by atoms with Crippen LogP contribution in [0.1, 0.15) is 37.1 Å². The first-order valence-corrected chi connectivity index (χ1v) is 7.81. The summed E-state index contributed by atoms with van der Waals surface area (Å²) in [5.41, 5.74) is 2.82. The predicted octanol–water partition coefficient (Wildman–Crippen LogP) is 1.11. The molecule has 1 saturated heterocycles. The molecule has 0 bridgehead atoms. The minimum Gasteiger partial charge on any atom is -0.379 e. The third-order valence-electron chi connectivity index (χ3n) is 4.50. The van der Waals surface area contributed by atoms with E-state index in [4.69, 9.17) is 4.74 Å². The summed E-state index contributed by atoms with van der Waals surface area (Å²) < 4.78 is 7.44. The number of hydrogen-bond donors (Lipinski definition) is 1. The zero-order chi connectivity index (χ0) is 13.9. The summed E-state index contributed by atoms with van der Waals surface area (Å²) in [6.07, 6.45) is 5.70. The van der Waals surface area contributed by atoms with Crippen LogP contribution in [0, 0.1) is 0 Å². The van der Waals surface area contributed by atoms with Gasteiger partial charge in [-0.25, -0.2) is 0 Å². The third kappa shape index (κ3) is 3.05. The Bertz CT molecular complexity index is 439. The number of nitrogens with zero attached hydrogens (tertiary/aromatic N) is 3. The molecule has 112 valence electrons. The molecule has 3 rings (SSSR count). The van der Waals surface area contributed by atoms with Crippen LogP contribution < -0.4 is 5.32 Å². The van der Waals surface area contributed by atoms with Crippen LogP contribution >= 0.6 is 0 Å². The summed E-state index contributed by atoms with van der Waals surface area (Å²) in [5, 5.41) is 8.22. The summed E-state index contributed by atoms with van der Waals surface area (Å²) in [7, 11) is 2.05. The lowest BCUT2D eigenvalue weighted by atomic mass is 9.92. The molecule has 0 aromatic carbocycles. The van der Waals surface area contributed by atoms with Crippen molar-refractivity contribution >= 4 is 0 Å². The van der Waals surface area contributed by atoms with Crippen molar-refractivity contribution in [3.05, 3.63) is 17.5 Å². The molecule has 0 radical (unpaired) electrons. The molecule has 2 unspecified atom stereocenters. The highest BCUT2D eigenvalue weighted by molar-refractivity contribution is 5.24. The van der Waals surface area contributed by atoms with Gasteiger partial charge in [-0.2, -0.15) is 5.10 Å². The van der Waals surface area contributed by atoms with E-state index in [-0.39, 0.29) is 0 Å². The number of morpholine rings is 1. The Kier molecular flexibility index (Phi) is 4.38. The lowest BCUT2D eigenvalue weighted by Crippen LogP contribution is -2.45. The van der Waals surface area contributed by atoms with E-state index in [1.807, 2.05) is 10.9 Å². The van der Waals surface area contributed by atoms with Gasteiger partial charge in [-0.05, 0) is 26.2 Å².